The van der Waals surface area contributed by atoms with Crippen molar-refractivity contribution in [3.05, 3.63) is 11.6 Å². The van der Waals surface area contributed by atoms with Crippen LogP contribution in [0.4, 0.5) is 0 Å². The summed E-state index contributed by atoms with van der Waals surface area (Å²) in [5, 5.41) is 11.2. The predicted octanol–water partition coefficient (Wildman–Crippen LogP) is 6.15. The zero-order chi connectivity index (χ0) is 22.9. The lowest BCUT2D eigenvalue weighted by Crippen LogP contribution is -2.54. The van der Waals surface area contributed by atoms with Crippen molar-refractivity contribution in [2.75, 3.05) is 0 Å². The molecule has 3 unspecified atom stereocenters. The first-order chi connectivity index (χ1) is 15.3. The van der Waals surface area contributed by atoms with E-state index in [-0.39, 0.29) is 28.8 Å². The predicted molar refractivity (Wildman–Crippen MR) is 126 cm³/mol. The maximum atomic E-state index is 12.6. The van der Waals surface area contributed by atoms with Gasteiger partial charge in [-0.25, -0.2) is 0 Å². The highest BCUT2D eigenvalue weighted by Gasteiger charge is 2.60. The van der Waals surface area contributed by atoms with Gasteiger partial charge in [0, 0.05) is 24.7 Å². The fraction of sp³-hybridized carbons (Fsp3) is 0.857. The Balaban J connectivity index is 1.36. The van der Waals surface area contributed by atoms with Gasteiger partial charge in [-0.15, -0.1) is 0 Å². The fourth-order valence-electron chi connectivity index (χ4n) is 7.78. The molecule has 0 spiro atoms. The molecule has 4 aliphatic rings. The van der Waals surface area contributed by atoms with Crippen LogP contribution in [-0.2, 0) is 14.3 Å². The lowest BCUT2D eigenvalue weighted by atomic mass is 9.47. The van der Waals surface area contributed by atoms with Crippen LogP contribution in [0, 0.1) is 28.6 Å². The molecule has 3 fully saturated rings. The first-order valence-corrected chi connectivity index (χ1v) is 13.4. The molecule has 0 aliphatic heterocycles. The fourth-order valence-corrected chi connectivity index (χ4v) is 7.78. The third-order valence-corrected chi connectivity index (χ3v) is 9.83. The summed E-state index contributed by atoms with van der Waals surface area (Å²) in [7, 11) is 0. The van der Waals surface area contributed by atoms with Gasteiger partial charge in [0.2, 0.25) is 0 Å². The van der Waals surface area contributed by atoms with Gasteiger partial charge in [0.1, 0.15) is 11.9 Å². The molecule has 4 nitrogen and oxygen atoms in total. The standard InChI is InChI=1S/C28H44O4/c1-4-5-6-7-8-9-10-25(31)32-20-13-15-27(2)19(17-20)18-23(29)26-21-11-12-24(30)28(21,3)16-14-22(26)27/h18,20-23,26,29H,4-17H2,1-3H3/t20-,21?,22?,23+,26?,27-,28-/m0/s1. The van der Waals surface area contributed by atoms with E-state index in [1.54, 1.807) is 0 Å². The van der Waals surface area contributed by atoms with Crippen LogP contribution in [0.1, 0.15) is 111 Å². The number of Topliss-reactive ketones (excluding diaryl/α,β-unsaturated/α-hetero) is 1. The van der Waals surface area contributed by atoms with E-state index in [0.29, 0.717) is 30.5 Å². The molecular formula is C28H44O4. The normalized spacial score (nSPS) is 40.8. The van der Waals surface area contributed by atoms with Gasteiger partial charge in [-0.2, -0.15) is 0 Å². The van der Waals surface area contributed by atoms with Crippen molar-refractivity contribution >= 4 is 11.8 Å². The van der Waals surface area contributed by atoms with Crippen molar-refractivity contribution in [1.82, 2.24) is 0 Å². The molecule has 0 aromatic heterocycles. The van der Waals surface area contributed by atoms with Gasteiger partial charge in [0.15, 0.2) is 0 Å². The first-order valence-electron chi connectivity index (χ1n) is 13.4. The highest BCUT2D eigenvalue weighted by molar-refractivity contribution is 5.87. The van der Waals surface area contributed by atoms with Crippen LogP contribution in [0.5, 0.6) is 0 Å². The lowest BCUT2D eigenvalue weighted by molar-refractivity contribution is -0.152. The van der Waals surface area contributed by atoms with E-state index in [0.717, 1.165) is 51.4 Å². The molecule has 0 amide bonds. The van der Waals surface area contributed by atoms with Crippen molar-refractivity contribution in [3.8, 4) is 0 Å². The number of hydrogen-bond donors (Lipinski definition) is 1. The molecule has 1 N–H and O–H groups in total. The summed E-state index contributed by atoms with van der Waals surface area (Å²) < 4.78 is 5.88. The summed E-state index contributed by atoms with van der Waals surface area (Å²) in [4.78, 5) is 25.0. The molecule has 4 aliphatic carbocycles. The highest BCUT2D eigenvalue weighted by atomic mass is 16.5. The smallest absolute Gasteiger partial charge is 0.306 e. The van der Waals surface area contributed by atoms with Crippen LogP contribution >= 0.6 is 0 Å². The van der Waals surface area contributed by atoms with Crippen LogP contribution < -0.4 is 0 Å². The van der Waals surface area contributed by atoms with E-state index in [4.69, 9.17) is 4.74 Å². The Morgan fingerprint density at radius 3 is 2.50 bits per heavy atom. The maximum Gasteiger partial charge on any atom is 0.306 e. The second-order valence-corrected chi connectivity index (χ2v) is 11.7. The van der Waals surface area contributed by atoms with Gasteiger partial charge >= 0.3 is 5.97 Å². The van der Waals surface area contributed by atoms with Gasteiger partial charge in [-0.1, -0.05) is 64.5 Å². The summed E-state index contributed by atoms with van der Waals surface area (Å²) in [5.41, 5.74) is 1.13. The summed E-state index contributed by atoms with van der Waals surface area (Å²) >= 11 is 0. The third-order valence-electron chi connectivity index (χ3n) is 9.83. The first kappa shape index (κ1) is 24.0. The van der Waals surface area contributed by atoms with Gasteiger partial charge in [-0.05, 0) is 61.7 Å². The Morgan fingerprint density at radius 1 is 1.03 bits per heavy atom. The third kappa shape index (κ3) is 4.33. The molecule has 0 heterocycles. The van der Waals surface area contributed by atoms with E-state index >= 15 is 0 Å². The minimum atomic E-state index is -0.476. The summed E-state index contributed by atoms with van der Waals surface area (Å²) in [6.45, 7) is 6.74. The molecule has 0 aromatic carbocycles. The highest BCUT2D eigenvalue weighted by Crippen LogP contribution is 2.64. The second kappa shape index (κ2) is 9.60. The van der Waals surface area contributed by atoms with Crippen molar-refractivity contribution in [1.29, 1.82) is 0 Å². The Kier molecular flexibility index (Phi) is 7.20. The molecule has 7 atom stereocenters. The molecule has 0 bridgehead atoms. The zero-order valence-corrected chi connectivity index (χ0v) is 20.5. The number of carbonyl (C=O) groups is 2. The van der Waals surface area contributed by atoms with E-state index < -0.39 is 6.10 Å². The second-order valence-electron chi connectivity index (χ2n) is 11.7. The van der Waals surface area contributed by atoms with E-state index in [1.807, 2.05) is 0 Å². The van der Waals surface area contributed by atoms with Gasteiger partial charge in [0.25, 0.3) is 0 Å². The number of aliphatic hydroxyl groups excluding tert-OH is 1. The number of unbranched alkanes of at least 4 members (excludes halogenated alkanes) is 5. The Morgan fingerprint density at radius 2 is 1.72 bits per heavy atom. The number of carbonyl (C=O) groups excluding carboxylic acids is 2. The van der Waals surface area contributed by atoms with E-state index in [1.165, 1.54) is 31.3 Å². The summed E-state index contributed by atoms with van der Waals surface area (Å²) in [6, 6.07) is 0. The molecule has 0 saturated heterocycles. The summed E-state index contributed by atoms with van der Waals surface area (Å²) in [6.07, 6.45) is 15.4. The molecule has 3 saturated carbocycles. The van der Waals surface area contributed by atoms with Crippen molar-refractivity contribution in [3.63, 3.8) is 0 Å². The van der Waals surface area contributed by atoms with Crippen molar-refractivity contribution in [2.24, 2.45) is 28.6 Å². The monoisotopic (exact) mass is 444 g/mol. The molecule has 0 aromatic rings. The largest absolute Gasteiger partial charge is 0.462 e. The molecule has 4 rings (SSSR count). The van der Waals surface area contributed by atoms with Crippen LogP contribution in [0.3, 0.4) is 0 Å². The Bertz CT molecular complexity index is 742. The molecule has 180 valence electrons. The molecule has 32 heavy (non-hydrogen) atoms. The lowest BCUT2D eigenvalue weighted by Gasteiger charge is -2.58. The van der Waals surface area contributed by atoms with E-state index in [2.05, 4.69) is 26.8 Å². The number of esters is 1. The zero-order valence-electron chi connectivity index (χ0n) is 20.5. The van der Waals surface area contributed by atoms with Crippen molar-refractivity contribution in [2.45, 2.75) is 123 Å². The minimum absolute atomic E-state index is 0.0485. The summed E-state index contributed by atoms with van der Waals surface area (Å²) in [5.74, 6) is 1.30. The van der Waals surface area contributed by atoms with Crippen LogP contribution in [-0.4, -0.2) is 29.1 Å². The minimum Gasteiger partial charge on any atom is -0.462 e. The van der Waals surface area contributed by atoms with Gasteiger partial charge in [-0.3, -0.25) is 9.59 Å². The quantitative estimate of drug-likeness (QED) is 0.277. The Hall–Kier alpha value is -1.16. The van der Waals surface area contributed by atoms with Crippen LogP contribution in [0.25, 0.3) is 0 Å². The Labute approximate surface area is 194 Å². The number of fused-ring (bicyclic) bond motifs is 5. The van der Waals surface area contributed by atoms with Gasteiger partial charge < -0.3 is 9.84 Å². The molecular weight excluding hydrogens is 400 g/mol. The number of ketones is 1. The number of ether oxygens (including phenoxy) is 1. The van der Waals surface area contributed by atoms with Crippen molar-refractivity contribution < 1.29 is 19.4 Å². The molecule has 0 radical (unpaired) electrons. The average Bonchev–Trinajstić information content (AvgIpc) is 3.06. The topological polar surface area (TPSA) is 63.6 Å². The van der Waals surface area contributed by atoms with Gasteiger partial charge in [0.05, 0.1) is 6.10 Å². The van der Waals surface area contributed by atoms with Crippen LogP contribution in [0.15, 0.2) is 11.6 Å². The maximum absolute atomic E-state index is 12.6. The number of rotatable bonds is 8. The average molecular weight is 445 g/mol. The number of aliphatic hydroxyl groups is 1. The SMILES string of the molecule is CCCCCCCCC(=O)O[C@H]1CC[C@@]2(C)C(=C[C@@H](O)C3C2CC[C@]2(C)C(=O)CCC32)C1. The molecule has 4 heteroatoms. The number of hydrogen-bond acceptors (Lipinski definition) is 4. The van der Waals surface area contributed by atoms with E-state index in [9.17, 15) is 14.7 Å². The van der Waals surface area contributed by atoms with Crippen LogP contribution in [0.2, 0.25) is 0 Å².